The third-order valence-corrected chi connectivity index (χ3v) is 10.9. The molecule has 4 atom stereocenters. The third-order valence-electron chi connectivity index (χ3n) is 10.6. The Morgan fingerprint density at radius 3 is 2.20 bits per heavy atom. The Morgan fingerprint density at radius 1 is 0.859 bits per heavy atom. The highest BCUT2D eigenvalue weighted by Crippen LogP contribution is 2.40. The van der Waals surface area contributed by atoms with E-state index >= 15 is 0 Å². The van der Waals surface area contributed by atoms with Gasteiger partial charge in [0.15, 0.2) is 0 Å². The fourth-order valence-electron chi connectivity index (χ4n) is 7.19. The van der Waals surface area contributed by atoms with Crippen LogP contribution in [0.4, 0.5) is 0 Å². The number of halogens is 1. The molecule has 1 aliphatic rings. The summed E-state index contributed by atoms with van der Waals surface area (Å²) in [5.74, 6) is -2.03. The monoisotopic (exact) mass is 903 g/mol. The number of hydrogen-bond acceptors (Lipinski definition) is 12. The van der Waals surface area contributed by atoms with E-state index < -0.39 is 53.7 Å². The van der Waals surface area contributed by atoms with E-state index in [4.69, 9.17) is 48.3 Å². The number of carbonyl (C=O) groups excluding carboxylic acids is 5. The summed E-state index contributed by atoms with van der Waals surface area (Å²) in [6.07, 6.45) is 5.85. The first-order chi connectivity index (χ1) is 30.9. The van der Waals surface area contributed by atoms with Gasteiger partial charge in [-0.1, -0.05) is 56.3 Å². The van der Waals surface area contributed by atoms with Gasteiger partial charge in [-0.25, -0.2) is 0 Å². The Hall–Kier alpha value is -5.93. The molecule has 346 valence electrons. The molecule has 0 aliphatic carbocycles. The highest BCUT2D eigenvalue weighted by atomic mass is 35.5. The smallest absolute Gasteiger partial charge is 0.253 e. The summed E-state index contributed by atoms with van der Waals surface area (Å²) in [5, 5.41) is 20.0. The van der Waals surface area contributed by atoms with Crippen LogP contribution in [0.3, 0.4) is 0 Å². The predicted octanol–water partition coefficient (Wildman–Crippen LogP) is 3.25. The van der Waals surface area contributed by atoms with Crippen molar-refractivity contribution in [3.63, 3.8) is 0 Å². The summed E-state index contributed by atoms with van der Waals surface area (Å²) >= 11 is 6.60. The van der Waals surface area contributed by atoms with Crippen LogP contribution in [0.25, 0.3) is 11.1 Å². The maximum Gasteiger partial charge on any atom is 0.253 e. The van der Waals surface area contributed by atoms with E-state index in [1.54, 1.807) is 48.5 Å². The van der Waals surface area contributed by atoms with Gasteiger partial charge in [0.25, 0.3) is 5.91 Å². The number of hydrogen-bond donors (Lipinski definition) is 7. The highest BCUT2D eigenvalue weighted by Gasteiger charge is 2.36. The SMILES string of the molecule is CCCCCCCOc1ccc(C(=O)N[C@@H](CCCN)C(=O)N(C)[C@@H]2C(=O)N[C@@H](C)C(=O)N[C@H](C(=O)NCC#N)Cc3ccc(OCCN)c(c3)-c3cc2ccc3OCCN)c(Cl)c1. The molecule has 4 rings (SSSR count). The average Bonchev–Trinajstić information content (AvgIpc) is 3.28. The Balaban J connectivity index is 1.78. The molecule has 64 heavy (non-hydrogen) atoms. The van der Waals surface area contributed by atoms with Crippen molar-refractivity contribution in [1.82, 2.24) is 26.2 Å². The van der Waals surface area contributed by atoms with Gasteiger partial charge in [0.05, 0.1) is 23.3 Å². The maximum absolute atomic E-state index is 14.7. The van der Waals surface area contributed by atoms with Crippen molar-refractivity contribution in [1.29, 1.82) is 5.26 Å². The van der Waals surface area contributed by atoms with Crippen LogP contribution in [0, 0.1) is 11.3 Å². The van der Waals surface area contributed by atoms with Gasteiger partial charge in [0.1, 0.15) is 61.2 Å². The van der Waals surface area contributed by atoms with Crippen LogP contribution >= 0.6 is 11.6 Å². The molecule has 0 unspecified atom stereocenters. The minimum absolute atomic E-state index is 0.00458. The van der Waals surface area contributed by atoms with Crippen molar-refractivity contribution >= 4 is 41.1 Å². The molecule has 1 aliphatic heterocycles. The Bertz CT molecular complexity index is 2120. The summed E-state index contributed by atoms with van der Waals surface area (Å²) in [4.78, 5) is 71.3. The normalized spacial score (nSPS) is 16.5. The number of carbonyl (C=O) groups is 5. The number of benzene rings is 3. The van der Waals surface area contributed by atoms with Crippen LogP contribution in [-0.4, -0.2) is 106 Å². The van der Waals surface area contributed by atoms with Crippen LogP contribution in [-0.2, 0) is 25.6 Å². The van der Waals surface area contributed by atoms with E-state index in [1.807, 2.05) is 6.07 Å². The van der Waals surface area contributed by atoms with Gasteiger partial charge in [0, 0.05) is 37.7 Å². The van der Waals surface area contributed by atoms with Crippen molar-refractivity contribution in [3.8, 4) is 34.4 Å². The predicted molar refractivity (Wildman–Crippen MR) is 244 cm³/mol. The van der Waals surface area contributed by atoms with Crippen molar-refractivity contribution in [2.45, 2.75) is 89.4 Å². The van der Waals surface area contributed by atoms with Crippen molar-refractivity contribution in [2.75, 3.05) is 53.0 Å². The molecule has 0 fully saturated rings. The zero-order valence-corrected chi connectivity index (χ0v) is 37.6. The minimum Gasteiger partial charge on any atom is -0.494 e. The number of unbranched alkanes of at least 4 members (excludes halogenated alkanes) is 4. The van der Waals surface area contributed by atoms with Gasteiger partial charge >= 0.3 is 0 Å². The molecule has 0 saturated heterocycles. The van der Waals surface area contributed by atoms with Crippen LogP contribution < -0.4 is 52.7 Å². The van der Waals surface area contributed by atoms with Crippen LogP contribution in [0.1, 0.15) is 86.3 Å². The third kappa shape index (κ3) is 14.3. The van der Waals surface area contributed by atoms with E-state index in [0.717, 1.165) is 25.7 Å². The van der Waals surface area contributed by atoms with Gasteiger partial charge in [-0.15, -0.1) is 0 Å². The minimum atomic E-state index is -1.39. The molecule has 17 nitrogen and oxygen atoms in total. The second-order valence-electron chi connectivity index (χ2n) is 15.4. The van der Waals surface area contributed by atoms with E-state index in [9.17, 15) is 24.0 Å². The summed E-state index contributed by atoms with van der Waals surface area (Å²) < 4.78 is 18.0. The molecule has 18 heteroatoms. The molecule has 5 amide bonds. The molecule has 0 saturated carbocycles. The first-order valence-corrected chi connectivity index (χ1v) is 22.1. The first-order valence-electron chi connectivity index (χ1n) is 21.8. The molecule has 3 aromatic carbocycles. The number of ether oxygens (including phenoxy) is 3. The Morgan fingerprint density at radius 2 is 1.55 bits per heavy atom. The fraction of sp³-hybridized carbons (Fsp3) is 0.478. The van der Waals surface area contributed by atoms with E-state index in [-0.39, 0.29) is 62.8 Å². The summed E-state index contributed by atoms with van der Waals surface area (Å²) in [5.41, 5.74) is 19.6. The Kier molecular flexibility index (Phi) is 20.6. The molecule has 3 aromatic rings. The van der Waals surface area contributed by atoms with Crippen molar-refractivity contribution in [3.05, 3.63) is 76.3 Å². The summed E-state index contributed by atoms with van der Waals surface area (Å²) in [6, 6.07) is 11.9. The quantitative estimate of drug-likeness (QED) is 0.0566. The van der Waals surface area contributed by atoms with Crippen LogP contribution in [0.2, 0.25) is 5.02 Å². The second kappa shape index (κ2) is 26.0. The molecule has 0 radical (unpaired) electrons. The molecular formula is C46H62ClN9O8. The molecule has 4 bridgehead atoms. The zero-order valence-electron chi connectivity index (χ0n) is 36.9. The van der Waals surface area contributed by atoms with Crippen LogP contribution in [0.5, 0.6) is 17.2 Å². The number of rotatable bonds is 22. The van der Waals surface area contributed by atoms with E-state index in [0.29, 0.717) is 52.5 Å². The zero-order chi connectivity index (χ0) is 46.6. The molecule has 10 N–H and O–H groups in total. The lowest BCUT2D eigenvalue weighted by atomic mass is 9.93. The van der Waals surface area contributed by atoms with Gasteiger partial charge < -0.3 is 57.6 Å². The lowest BCUT2D eigenvalue weighted by molar-refractivity contribution is -0.141. The number of nitriles is 1. The van der Waals surface area contributed by atoms with Gasteiger partial charge in [-0.3, -0.25) is 24.0 Å². The van der Waals surface area contributed by atoms with E-state index in [2.05, 4.69) is 28.2 Å². The average molecular weight is 905 g/mol. The topological polar surface area (TPSA) is 266 Å². The Labute approximate surface area is 380 Å². The molecule has 0 aromatic heterocycles. The molecular weight excluding hydrogens is 842 g/mol. The van der Waals surface area contributed by atoms with Crippen LogP contribution in [0.15, 0.2) is 54.6 Å². The lowest BCUT2D eigenvalue weighted by Gasteiger charge is -2.32. The highest BCUT2D eigenvalue weighted by molar-refractivity contribution is 6.34. The van der Waals surface area contributed by atoms with E-state index in [1.165, 1.54) is 31.4 Å². The number of amides is 5. The maximum atomic E-state index is 14.7. The number of fused-ring (bicyclic) bond motifs is 5. The number of nitrogens with one attached hydrogen (secondary N) is 4. The number of nitrogens with zero attached hydrogens (tertiary/aromatic N) is 2. The molecule has 1 heterocycles. The standard InChI is InChI=1S/C46H62ClN9O8/c1-4-5-6-7-8-22-62-32-13-14-33(36(47)28-32)43(58)54-37(10-9-17-48)46(61)56(3)41-31-12-16-40(64-24-20-51)35(27-31)34-25-30(11-15-39(34)63-23-19-50)26-38(44(59)52-21-18-49)55-42(57)29(2)53-45(41)60/h11-16,25,27-29,37-38,41H,4-10,17,19-24,26,48,50-51H2,1-3H3,(H,52,59)(H,53,60)(H,54,58)(H,55,57)/t29-,37-,38-,41-/m0/s1. The number of nitrogens with two attached hydrogens (primary N) is 3. The second-order valence-corrected chi connectivity index (χ2v) is 15.9. The van der Waals surface area contributed by atoms with Gasteiger partial charge in [-0.2, -0.15) is 5.26 Å². The first kappa shape index (κ1) is 50.7. The largest absolute Gasteiger partial charge is 0.494 e. The summed E-state index contributed by atoms with van der Waals surface area (Å²) in [6.45, 7) is 4.69. The number of likely N-dealkylation sites (N-methyl/N-ethyl adjacent to an activating group) is 1. The van der Waals surface area contributed by atoms with Crippen molar-refractivity contribution < 1.29 is 38.2 Å². The lowest BCUT2D eigenvalue weighted by Crippen LogP contribution is -2.56. The summed E-state index contributed by atoms with van der Waals surface area (Å²) in [7, 11) is 1.42. The van der Waals surface area contributed by atoms with Gasteiger partial charge in [-0.05, 0) is 86.3 Å². The molecule has 0 spiro atoms. The van der Waals surface area contributed by atoms with Gasteiger partial charge in [0.2, 0.25) is 23.6 Å². The van der Waals surface area contributed by atoms with Crippen molar-refractivity contribution in [2.24, 2.45) is 17.2 Å². The fourth-order valence-corrected chi connectivity index (χ4v) is 7.44.